The van der Waals surface area contributed by atoms with Crippen molar-refractivity contribution in [3.63, 3.8) is 0 Å². The van der Waals surface area contributed by atoms with Gasteiger partial charge in [0, 0.05) is 13.1 Å². The molecule has 0 spiro atoms. The van der Waals surface area contributed by atoms with E-state index in [-0.39, 0.29) is 17.4 Å². The number of halogens is 1. The molecule has 0 amide bonds. The fourth-order valence-electron chi connectivity index (χ4n) is 3.96. The molecule has 0 unspecified atom stereocenters. The number of nitrogens with zero attached hydrogens (tertiary/aromatic N) is 5. The van der Waals surface area contributed by atoms with Crippen molar-refractivity contribution in [2.24, 2.45) is 0 Å². The summed E-state index contributed by atoms with van der Waals surface area (Å²) in [6, 6.07) is 15.3. The van der Waals surface area contributed by atoms with Crippen molar-refractivity contribution in [3.05, 3.63) is 82.9 Å². The van der Waals surface area contributed by atoms with Crippen molar-refractivity contribution in [1.29, 1.82) is 0 Å². The number of hydrogen-bond acceptors (Lipinski definition) is 4. The molecular formula is C24H28FN5. The predicted octanol–water partition coefficient (Wildman–Crippen LogP) is 4.75. The van der Waals surface area contributed by atoms with Gasteiger partial charge in [0.05, 0.1) is 11.6 Å². The van der Waals surface area contributed by atoms with Crippen LogP contribution in [0.4, 0.5) is 4.39 Å². The Morgan fingerprint density at radius 1 is 1.00 bits per heavy atom. The molecule has 3 aromatic rings. The van der Waals surface area contributed by atoms with Gasteiger partial charge >= 0.3 is 0 Å². The summed E-state index contributed by atoms with van der Waals surface area (Å²) in [6.07, 6.45) is 3.13. The first kappa shape index (κ1) is 20.4. The van der Waals surface area contributed by atoms with Crippen molar-refractivity contribution >= 4 is 5.57 Å². The summed E-state index contributed by atoms with van der Waals surface area (Å²) in [6.45, 7) is 10.1. The summed E-state index contributed by atoms with van der Waals surface area (Å²) < 4.78 is 15.2. The molecule has 1 aromatic heterocycles. The molecule has 0 aliphatic carbocycles. The maximum atomic E-state index is 13.3. The van der Waals surface area contributed by atoms with E-state index >= 15 is 0 Å². The average molecular weight is 406 g/mol. The summed E-state index contributed by atoms with van der Waals surface area (Å²) in [5.41, 5.74) is 4.53. The molecule has 2 heterocycles. The third-order valence-corrected chi connectivity index (χ3v) is 5.59. The molecule has 156 valence electrons. The molecule has 1 atom stereocenters. The Labute approximate surface area is 177 Å². The van der Waals surface area contributed by atoms with Gasteiger partial charge in [-0.15, -0.1) is 5.10 Å². The van der Waals surface area contributed by atoms with Gasteiger partial charge in [-0.05, 0) is 73.4 Å². The van der Waals surface area contributed by atoms with E-state index in [1.54, 1.807) is 0 Å². The molecular weight excluding hydrogens is 377 g/mol. The minimum atomic E-state index is -0.216. The van der Waals surface area contributed by atoms with Gasteiger partial charge in [0.25, 0.3) is 0 Å². The summed E-state index contributed by atoms with van der Waals surface area (Å²) in [5, 5.41) is 12.7. The van der Waals surface area contributed by atoms with Crippen molar-refractivity contribution in [2.75, 3.05) is 13.1 Å². The van der Waals surface area contributed by atoms with Crippen molar-refractivity contribution < 1.29 is 4.39 Å². The number of aryl methyl sites for hydroxylation is 1. The predicted molar refractivity (Wildman–Crippen MR) is 116 cm³/mol. The average Bonchev–Trinajstić information content (AvgIpc) is 3.21. The summed E-state index contributed by atoms with van der Waals surface area (Å²) in [5.74, 6) is 0.648. The van der Waals surface area contributed by atoms with Crippen LogP contribution >= 0.6 is 0 Å². The van der Waals surface area contributed by atoms with Crippen LogP contribution in [0.15, 0.2) is 54.6 Å². The Morgan fingerprint density at radius 2 is 1.70 bits per heavy atom. The van der Waals surface area contributed by atoms with Crippen LogP contribution < -0.4 is 0 Å². The molecule has 0 fully saturated rings. The molecule has 1 aliphatic rings. The van der Waals surface area contributed by atoms with Gasteiger partial charge in [0.1, 0.15) is 5.82 Å². The lowest BCUT2D eigenvalue weighted by atomic mass is 9.96. The lowest BCUT2D eigenvalue weighted by Crippen LogP contribution is -2.37. The highest BCUT2D eigenvalue weighted by Crippen LogP contribution is 2.33. The van der Waals surface area contributed by atoms with Gasteiger partial charge in [-0.1, -0.05) is 48.0 Å². The second kappa shape index (κ2) is 8.11. The molecule has 4 rings (SSSR count). The lowest BCUT2D eigenvalue weighted by molar-refractivity contribution is 0.220. The Hall–Kier alpha value is -2.86. The molecule has 30 heavy (non-hydrogen) atoms. The molecule has 0 saturated carbocycles. The first-order chi connectivity index (χ1) is 14.3. The van der Waals surface area contributed by atoms with E-state index in [2.05, 4.69) is 78.5 Å². The first-order valence-electron chi connectivity index (χ1n) is 10.4. The van der Waals surface area contributed by atoms with Gasteiger partial charge in [-0.25, -0.2) is 9.07 Å². The van der Waals surface area contributed by atoms with E-state index in [4.69, 9.17) is 0 Å². The Balaban J connectivity index is 1.68. The van der Waals surface area contributed by atoms with Crippen LogP contribution in [0.25, 0.3) is 5.57 Å². The second-order valence-corrected chi connectivity index (χ2v) is 8.91. The maximum Gasteiger partial charge on any atom is 0.173 e. The van der Waals surface area contributed by atoms with Crippen LogP contribution in [-0.2, 0) is 5.54 Å². The summed E-state index contributed by atoms with van der Waals surface area (Å²) in [7, 11) is 0. The van der Waals surface area contributed by atoms with E-state index in [0.717, 1.165) is 30.9 Å². The standard InChI is InChI=1S/C24H28FN5/c1-17-5-7-20(8-6-17)22(23-26-27-28-30(23)24(2,3)4)29-15-13-19(14-16-29)18-9-11-21(25)12-10-18/h5-13,22H,14-16H2,1-4H3/t22-/m0/s1. The normalized spacial score (nSPS) is 16.4. The van der Waals surface area contributed by atoms with Gasteiger partial charge in [0.15, 0.2) is 5.82 Å². The van der Waals surface area contributed by atoms with Crippen LogP contribution in [-0.4, -0.2) is 38.2 Å². The third kappa shape index (κ3) is 4.19. The fraction of sp³-hybridized carbons (Fsp3) is 0.375. The highest BCUT2D eigenvalue weighted by Gasteiger charge is 2.32. The monoisotopic (exact) mass is 405 g/mol. The van der Waals surface area contributed by atoms with Crippen LogP contribution in [0, 0.1) is 12.7 Å². The summed E-state index contributed by atoms with van der Waals surface area (Å²) in [4.78, 5) is 2.41. The molecule has 6 heteroatoms. The Morgan fingerprint density at radius 3 is 2.30 bits per heavy atom. The van der Waals surface area contributed by atoms with E-state index in [9.17, 15) is 4.39 Å². The SMILES string of the molecule is Cc1ccc([C@@H](c2nnnn2C(C)(C)C)N2CC=C(c3ccc(F)cc3)CC2)cc1. The van der Waals surface area contributed by atoms with Crippen molar-refractivity contribution in [3.8, 4) is 0 Å². The number of benzene rings is 2. The van der Waals surface area contributed by atoms with E-state index in [1.807, 2.05) is 16.8 Å². The van der Waals surface area contributed by atoms with Crippen LogP contribution in [0.1, 0.15) is 55.7 Å². The number of rotatable bonds is 4. The van der Waals surface area contributed by atoms with Gasteiger partial charge in [0.2, 0.25) is 0 Å². The van der Waals surface area contributed by atoms with E-state index in [1.165, 1.54) is 28.8 Å². The van der Waals surface area contributed by atoms with E-state index in [0.29, 0.717) is 0 Å². The number of tetrazole rings is 1. The van der Waals surface area contributed by atoms with Gasteiger partial charge in [-0.2, -0.15) is 0 Å². The maximum absolute atomic E-state index is 13.3. The third-order valence-electron chi connectivity index (χ3n) is 5.59. The smallest absolute Gasteiger partial charge is 0.173 e. The minimum absolute atomic E-state index is 0.0363. The van der Waals surface area contributed by atoms with Crippen LogP contribution in [0.3, 0.4) is 0 Å². The van der Waals surface area contributed by atoms with Crippen LogP contribution in [0.5, 0.6) is 0 Å². The lowest BCUT2D eigenvalue weighted by Gasteiger charge is -2.35. The Bertz CT molecular complexity index is 1030. The molecule has 0 N–H and O–H groups in total. The number of aromatic nitrogens is 4. The van der Waals surface area contributed by atoms with Crippen molar-refractivity contribution in [2.45, 2.75) is 45.7 Å². The summed E-state index contributed by atoms with van der Waals surface area (Å²) >= 11 is 0. The molecule has 1 aliphatic heterocycles. The van der Waals surface area contributed by atoms with Crippen molar-refractivity contribution in [1.82, 2.24) is 25.1 Å². The minimum Gasteiger partial charge on any atom is -0.286 e. The largest absolute Gasteiger partial charge is 0.286 e. The molecule has 5 nitrogen and oxygen atoms in total. The van der Waals surface area contributed by atoms with E-state index < -0.39 is 0 Å². The number of hydrogen-bond donors (Lipinski definition) is 0. The molecule has 0 saturated heterocycles. The molecule has 2 aromatic carbocycles. The zero-order valence-corrected chi connectivity index (χ0v) is 18.0. The zero-order chi connectivity index (χ0) is 21.3. The Kier molecular flexibility index (Phi) is 5.52. The fourth-order valence-corrected chi connectivity index (χ4v) is 3.96. The molecule has 0 radical (unpaired) electrons. The quantitative estimate of drug-likeness (QED) is 0.628. The van der Waals surface area contributed by atoms with Crippen LogP contribution in [0.2, 0.25) is 0 Å². The second-order valence-electron chi connectivity index (χ2n) is 8.91. The van der Waals surface area contributed by atoms with Gasteiger partial charge < -0.3 is 0 Å². The topological polar surface area (TPSA) is 46.8 Å². The first-order valence-corrected chi connectivity index (χ1v) is 10.4. The highest BCUT2D eigenvalue weighted by atomic mass is 19.1. The van der Waals surface area contributed by atoms with Gasteiger partial charge in [-0.3, -0.25) is 4.90 Å². The molecule has 0 bridgehead atoms. The highest BCUT2D eigenvalue weighted by molar-refractivity contribution is 5.66. The zero-order valence-electron chi connectivity index (χ0n) is 18.0.